The van der Waals surface area contributed by atoms with E-state index in [1.165, 1.54) is 5.56 Å². The zero-order chi connectivity index (χ0) is 16.1. The molecule has 1 aromatic carbocycles. The van der Waals surface area contributed by atoms with Crippen molar-refractivity contribution in [2.24, 2.45) is 0 Å². The predicted molar refractivity (Wildman–Crippen MR) is 91.4 cm³/mol. The second-order valence-corrected chi connectivity index (χ2v) is 6.49. The summed E-state index contributed by atoms with van der Waals surface area (Å²) < 4.78 is 11.4. The first-order valence-electron chi connectivity index (χ1n) is 8.40. The minimum atomic E-state index is 0.307. The second kappa shape index (κ2) is 7.84. The molecule has 22 heavy (non-hydrogen) atoms. The Bertz CT molecular complexity index is 468. The molecule has 1 aliphatic rings. The molecule has 2 N–H and O–H groups in total. The van der Waals surface area contributed by atoms with Gasteiger partial charge in [0.25, 0.3) is 0 Å². The van der Waals surface area contributed by atoms with Crippen LogP contribution in [0.1, 0.15) is 39.7 Å². The minimum absolute atomic E-state index is 0.307. The van der Waals surface area contributed by atoms with Crippen LogP contribution in [-0.2, 0) is 11.2 Å². The molecule has 1 aliphatic heterocycles. The molecule has 1 heterocycles. The molecular formula is C18H30N2O2. The fraction of sp³-hybridized carbons (Fsp3) is 0.667. The van der Waals surface area contributed by atoms with Crippen LogP contribution in [0.25, 0.3) is 0 Å². The lowest BCUT2D eigenvalue weighted by Crippen LogP contribution is -2.49. The Labute approximate surface area is 134 Å². The van der Waals surface area contributed by atoms with Crippen LogP contribution in [0.15, 0.2) is 18.2 Å². The summed E-state index contributed by atoms with van der Waals surface area (Å²) in [6.45, 7) is 11.4. The Kier molecular flexibility index (Phi) is 6.09. The number of benzene rings is 1. The highest BCUT2D eigenvalue weighted by Crippen LogP contribution is 2.24. The molecule has 0 saturated carbocycles. The van der Waals surface area contributed by atoms with E-state index in [0.717, 1.165) is 37.4 Å². The van der Waals surface area contributed by atoms with Crippen LogP contribution < -0.4 is 10.5 Å². The standard InChI is InChI=1S/C18H30N2O2/c1-5-8-21-18-7-6-16(10-17(18)19)9-13(2)20-11-14(3)22-15(4)12-20/h6-7,10,13-15H,5,8-9,11-12,19H2,1-4H3. The van der Waals surface area contributed by atoms with Crippen molar-refractivity contribution in [2.75, 3.05) is 25.4 Å². The van der Waals surface area contributed by atoms with Gasteiger partial charge in [0.1, 0.15) is 5.75 Å². The van der Waals surface area contributed by atoms with E-state index in [9.17, 15) is 0 Å². The van der Waals surface area contributed by atoms with Crippen molar-refractivity contribution in [3.05, 3.63) is 23.8 Å². The Morgan fingerprint density at radius 1 is 1.32 bits per heavy atom. The summed E-state index contributed by atoms with van der Waals surface area (Å²) in [4.78, 5) is 2.51. The largest absolute Gasteiger partial charge is 0.491 e. The van der Waals surface area contributed by atoms with Gasteiger partial charge in [0, 0.05) is 19.1 Å². The molecule has 4 nitrogen and oxygen atoms in total. The lowest BCUT2D eigenvalue weighted by Gasteiger charge is -2.39. The van der Waals surface area contributed by atoms with Crippen LogP contribution >= 0.6 is 0 Å². The summed E-state index contributed by atoms with van der Waals surface area (Å²) in [5, 5.41) is 0. The van der Waals surface area contributed by atoms with Gasteiger partial charge in [0.2, 0.25) is 0 Å². The molecule has 2 rings (SSSR count). The topological polar surface area (TPSA) is 47.7 Å². The van der Waals surface area contributed by atoms with E-state index in [1.54, 1.807) is 0 Å². The summed E-state index contributed by atoms with van der Waals surface area (Å²) >= 11 is 0. The van der Waals surface area contributed by atoms with Crippen LogP contribution in [0.4, 0.5) is 5.69 Å². The molecule has 0 amide bonds. The lowest BCUT2D eigenvalue weighted by atomic mass is 10.0. The summed E-state index contributed by atoms with van der Waals surface area (Å²) in [6, 6.07) is 6.66. The van der Waals surface area contributed by atoms with Gasteiger partial charge in [-0.05, 0) is 51.3 Å². The van der Waals surface area contributed by atoms with Crippen LogP contribution in [-0.4, -0.2) is 42.8 Å². The zero-order valence-corrected chi connectivity index (χ0v) is 14.3. The number of nitrogens with zero attached hydrogens (tertiary/aromatic N) is 1. The number of rotatable bonds is 6. The highest BCUT2D eigenvalue weighted by molar-refractivity contribution is 5.54. The van der Waals surface area contributed by atoms with Crippen LogP contribution in [0.2, 0.25) is 0 Å². The monoisotopic (exact) mass is 306 g/mol. The Morgan fingerprint density at radius 2 is 2.00 bits per heavy atom. The van der Waals surface area contributed by atoms with Gasteiger partial charge >= 0.3 is 0 Å². The van der Waals surface area contributed by atoms with E-state index >= 15 is 0 Å². The van der Waals surface area contributed by atoms with Gasteiger partial charge in [-0.15, -0.1) is 0 Å². The van der Waals surface area contributed by atoms with Crippen molar-refractivity contribution in [2.45, 2.75) is 58.8 Å². The fourth-order valence-electron chi connectivity index (χ4n) is 3.12. The maximum atomic E-state index is 6.10. The van der Waals surface area contributed by atoms with E-state index < -0.39 is 0 Å². The third kappa shape index (κ3) is 4.62. The zero-order valence-electron chi connectivity index (χ0n) is 14.3. The number of anilines is 1. The van der Waals surface area contributed by atoms with Gasteiger partial charge in [-0.3, -0.25) is 4.90 Å². The molecule has 0 spiro atoms. The number of nitrogens with two attached hydrogens (primary N) is 1. The number of nitrogen functional groups attached to an aromatic ring is 1. The second-order valence-electron chi connectivity index (χ2n) is 6.49. The van der Waals surface area contributed by atoms with Crippen LogP contribution in [0.3, 0.4) is 0 Å². The molecule has 0 radical (unpaired) electrons. The molecule has 0 bridgehead atoms. The van der Waals surface area contributed by atoms with E-state index in [-0.39, 0.29) is 0 Å². The molecule has 4 heteroatoms. The van der Waals surface area contributed by atoms with Crippen LogP contribution in [0, 0.1) is 0 Å². The van der Waals surface area contributed by atoms with Crippen molar-refractivity contribution in [1.82, 2.24) is 4.90 Å². The van der Waals surface area contributed by atoms with E-state index in [0.29, 0.717) is 24.9 Å². The summed E-state index contributed by atoms with van der Waals surface area (Å²) in [5.41, 5.74) is 8.10. The maximum absolute atomic E-state index is 6.10. The van der Waals surface area contributed by atoms with Gasteiger partial charge in [0.15, 0.2) is 0 Å². The number of hydrogen-bond donors (Lipinski definition) is 1. The van der Waals surface area contributed by atoms with Crippen molar-refractivity contribution in [3.63, 3.8) is 0 Å². The van der Waals surface area contributed by atoms with Gasteiger partial charge in [0.05, 0.1) is 24.5 Å². The third-order valence-electron chi connectivity index (χ3n) is 4.14. The molecule has 1 aromatic rings. The minimum Gasteiger partial charge on any atom is -0.491 e. The van der Waals surface area contributed by atoms with Crippen molar-refractivity contribution < 1.29 is 9.47 Å². The first kappa shape index (κ1) is 17.1. The summed E-state index contributed by atoms with van der Waals surface area (Å²) in [6.07, 6.45) is 2.60. The average molecular weight is 306 g/mol. The highest BCUT2D eigenvalue weighted by atomic mass is 16.5. The third-order valence-corrected chi connectivity index (χ3v) is 4.14. The van der Waals surface area contributed by atoms with Gasteiger partial charge in [-0.25, -0.2) is 0 Å². The molecule has 124 valence electrons. The Hall–Kier alpha value is -1.26. The van der Waals surface area contributed by atoms with E-state index in [4.69, 9.17) is 15.2 Å². The number of hydrogen-bond acceptors (Lipinski definition) is 4. The van der Waals surface area contributed by atoms with Crippen molar-refractivity contribution in [3.8, 4) is 5.75 Å². The molecule has 0 aliphatic carbocycles. The quantitative estimate of drug-likeness (QED) is 0.821. The van der Waals surface area contributed by atoms with E-state index in [2.05, 4.69) is 44.7 Å². The SMILES string of the molecule is CCCOc1ccc(CC(C)N2CC(C)OC(C)C2)cc1N. The predicted octanol–water partition coefficient (Wildman–Crippen LogP) is 3.10. The molecule has 1 fully saturated rings. The summed E-state index contributed by atoms with van der Waals surface area (Å²) in [7, 11) is 0. The van der Waals surface area contributed by atoms with Crippen molar-refractivity contribution >= 4 is 5.69 Å². The summed E-state index contributed by atoms with van der Waals surface area (Å²) in [5.74, 6) is 0.798. The average Bonchev–Trinajstić information content (AvgIpc) is 2.45. The number of morpholine rings is 1. The highest BCUT2D eigenvalue weighted by Gasteiger charge is 2.25. The first-order chi connectivity index (χ1) is 10.5. The van der Waals surface area contributed by atoms with Gasteiger partial charge < -0.3 is 15.2 Å². The fourth-order valence-corrected chi connectivity index (χ4v) is 3.12. The Morgan fingerprint density at radius 3 is 2.59 bits per heavy atom. The molecule has 1 saturated heterocycles. The number of ether oxygens (including phenoxy) is 2. The normalized spacial score (nSPS) is 24.2. The van der Waals surface area contributed by atoms with Gasteiger partial charge in [-0.1, -0.05) is 13.0 Å². The van der Waals surface area contributed by atoms with Gasteiger partial charge in [-0.2, -0.15) is 0 Å². The lowest BCUT2D eigenvalue weighted by molar-refractivity contribution is -0.0782. The maximum Gasteiger partial charge on any atom is 0.142 e. The molecule has 0 aromatic heterocycles. The van der Waals surface area contributed by atoms with E-state index in [1.807, 2.05) is 6.07 Å². The van der Waals surface area contributed by atoms with Crippen molar-refractivity contribution in [1.29, 1.82) is 0 Å². The molecule has 3 atom stereocenters. The smallest absolute Gasteiger partial charge is 0.142 e. The van der Waals surface area contributed by atoms with Crippen LogP contribution in [0.5, 0.6) is 5.75 Å². The molecular weight excluding hydrogens is 276 g/mol. The first-order valence-corrected chi connectivity index (χ1v) is 8.40. The molecule has 3 unspecified atom stereocenters. The Balaban J connectivity index is 1.96.